The topological polar surface area (TPSA) is 20.3 Å². The van der Waals surface area contributed by atoms with Crippen LogP contribution in [0.15, 0.2) is 0 Å². The lowest BCUT2D eigenvalue weighted by Gasteiger charge is -2.17. The smallest absolute Gasteiger partial charge is 0.209 e. The third kappa shape index (κ3) is 35.7. The summed E-state index contributed by atoms with van der Waals surface area (Å²) in [5.41, 5.74) is 0.544. The fourth-order valence-electron chi connectivity index (χ4n) is 4.55. The minimum absolute atomic E-state index is 0.544. The average molecular weight is 496 g/mol. The number of hydrogen-bond acceptors (Lipinski definition) is 1. The van der Waals surface area contributed by atoms with Crippen molar-refractivity contribution in [3.63, 3.8) is 0 Å². The van der Waals surface area contributed by atoms with Gasteiger partial charge in [0.25, 0.3) is 0 Å². The van der Waals surface area contributed by atoms with Crippen molar-refractivity contribution in [1.29, 1.82) is 0 Å². The maximum atomic E-state index is 11.0. The van der Waals surface area contributed by atoms with Crippen molar-refractivity contribution < 1.29 is 4.79 Å². The molecule has 0 aromatic rings. The molecule has 0 aliphatic carbocycles. The largest absolute Gasteiger partial charge is 0.345 e. The van der Waals surface area contributed by atoms with Gasteiger partial charge in [-0.25, -0.2) is 0 Å². The molecule has 0 aliphatic rings. The summed E-state index contributed by atoms with van der Waals surface area (Å²) < 4.78 is 0. The molecule has 0 atom stereocenters. The molecule has 2 heteroatoms. The summed E-state index contributed by atoms with van der Waals surface area (Å²) >= 11 is 0. The van der Waals surface area contributed by atoms with Crippen LogP contribution in [-0.2, 0) is 4.79 Å². The summed E-state index contributed by atoms with van der Waals surface area (Å²) in [5, 5.41) is 0. The molecule has 1 amide bonds. The first-order chi connectivity index (χ1) is 16.9. The van der Waals surface area contributed by atoms with Gasteiger partial charge in [0, 0.05) is 13.1 Å². The first-order valence-electron chi connectivity index (χ1n) is 16.1. The summed E-state index contributed by atoms with van der Waals surface area (Å²) in [4.78, 5) is 13.0. The van der Waals surface area contributed by atoms with Gasteiger partial charge >= 0.3 is 0 Å². The van der Waals surface area contributed by atoms with Crippen molar-refractivity contribution in [2.45, 2.75) is 189 Å². The van der Waals surface area contributed by atoms with E-state index in [1.807, 2.05) is 4.90 Å². The summed E-state index contributed by atoms with van der Waals surface area (Å²) in [6.07, 6.45) is 32.4. The van der Waals surface area contributed by atoms with Crippen LogP contribution in [-0.4, -0.2) is 24.4 Å². The molecular formula is C33H69NO. The van der Waals surface area contributed by atoms with Gasteiger partial charge in [0.2, 0.25) is 6.41 Å². The number of nitrogens with zero attached hydrogens (tertiary/aromatic N) is 1. The normalized spacial score (nSPS) is 11.3. The maximum Gasteiger partial charge on any atom is 0.209 e. The molecule has 0 rings (SSSR count). The fourth-order valence-corrected chi connectivity index (χ4v) is 4.55. The number of unbranched alkanes of at least 4 members (excludes halogenated alkanes) is 19. The Hall–Kier alpha value is -0.530. The van der Waals surface area contributed by atoms with E-state index in [4.69, 9.17) is 0 Å². The molecular weight excluding hydrogens is 426 g/mol. The van der Waals surface area contributed by atoms with Gasteiger partial charge in [-0.1, -0.05) is 170 Å². The molecule has 212 valence electrons. The van der Waals surface area contributed by atoms with Crippen LogP contribution in [0.1, 0.15) is 189 Å². The van der Waals surface area contributed by atoms with Gasteiger partial charge in [0.1, 0.15) is 0 Å². The average Bonchev–Trinajstić information content (AvgIpc) is 2.83. The van der Waals surface area contributed by atoms with Crippen LogP contribution < -0.4 is 0 Å². The van der Waals surface area contributed by atoms with Crippen molar-refractivity contribution in [1.82, 2.24) is 4.90 Å². The summed E-state index contributed by atoms with van der Waals surface area (Å²) in [5.74, 6) is 0. The van der Waals surface area contributed by atoms with Crippen molar-refractivity contribution in [3.8, 4) is 0 Å². The quantitative estimate of drug-likeness (QED) is 0.0910. The highest BCUT2D eigenvalue weighted by atomic mass is 16.1. The van der Waals surface area contributed by atoms with E-state index in [0.717, 1.165) is 19.5 Å². The zero-order valence-corrected chi connectivity index (χ0v) is 25.6. The van der Waals surface area contributed by atoms with Gasteiger partial charge in [-0.15, -0.1) is 0 Å². The van der Waals surface area contributed by atoms with E-state index >= 15 is 0 Å². The molecule has 0 bridgehead atoms. The van der Waals surface area contributed by atoms with Crippen molar-refractivity contribution in [3.05, 3.63) is 0 Å². The highest BCUT2D eigenvalue weighted by molar-refractivity contribution is 5.46. The molecule has 0 spiro atoms. The molecule has 0 aromatic carbocycles. The molecule has 0 saturated heterocycles. The first-order valence-corrected chi connectivity index (χ1v) is 16.1. The van der Waals surface area contributed by atoms with Crippen molar-refractivity contribution in [2.24, 2.45) is 5.41 Å². The standard InChI is InChI=1S/C19H39NO.C14H30/c1-3-5-7-9-11-13-15-17-20(19-21)18-16-14-12-10-8-6-4-2;1-5-6-7-8-9-10-11-12-13-14(2,3)4/h19H,3-18H2,1-2H3;5-13H2,1-4H3. The van der Waals surface area contributed by atoms with Crippen LogP contribution in [0.4, 0.5) is 0 Å². The molecule has 35 heavy (non-hydrogen) atoms. The van der Waals surface area contributed by atoms with E-state index in [9.17, 15) is 4.79 Å². The monoisotopic (exact) mass is 496 g/mol. The van der Waals surface area contributed by atoms with Gasteiger partial charge < -0.3 is 4.90 Å². The van der Waals surface area contributed by atoms with E-state index in [1.54, 1.807) is 0 Å². The Morgan fingerprint density at radius 1 is 0.457 bits per heavy atom. The van der Waals surface area contributed by atoms with E-state index in [0.29, 0.717) is 5.41 Å². The second-order valence-corrected chi connectivity index (χ2v) is 12.2. The van der Waals surface area contributed by atoms with E-state index < -0.39 is 0 Å². The van der Waals surface area contributed by atoms with E-state index in [2.05, 4.69) is 41.5 Å². The zero-order valence-electron chi connectivity index (χ0n) is 25.6. The van der Waals surface area contributed by atoms with Gasteiger partial charge in [0.15, 0.2) is 0 Å². The fraction of sp³-hybridized carbons (Fsp3) is 0.970. The lowest BCUT2D eigenvalue weighted by Crippen LogP contribution is -2.24. The summed E-state index contributed by atoms with van der Waals surface area (Å²) in [6.45, 7) is 15.7. The lowest BCUT2D eigenvalue weighted by molar-refractivity contribution is -0.118. The van der Waals surface area contributed by atoms with Crippen LogP contribution in [0.3, 0.4) is 0 Å². The number of amides is 1. The Bertz CT molecular complexity index is 369. The second kappa shape index (κ2) is 29.7. The lowest BCUT2D eigenvalue weighted by atomic mass is 9.89. The minimum Gasteiger partial charge on any atom is -0.345 e. The van der Waals surface area contributed by atoms with Crippen molar-refractivity contribution in [2.75, 3.05) is 13.1 Å². The Kier molecular flexibility index (Phi) is 31.1. The highest BCUT2D eigenvalue weighted by Gasteiger charge is 2.08. The first kappa shape index (κ1) is 36.6. The SMILES string of the molecule is CCCCCCCCCCC(C)(C)C.CCCCCCCCCN(C=O)CCCCCCCCC. The molecule has 0 unspecified atom stereocenters. The molecule has 0 aromatic heterocycles. The predicted octanol–water partition coefficient (Wildman–Crippen LogP) is 11.5. The van der Waals surface area contributed by atoms with Crippen LogP contribution in [0.2, 0.25) is 0 Å². The Balaban J connectivity index is 0. The number of carbonyl (C=O) groups excluding carboxylic acids is 1. The number of rotatable bonds is 25. The summed E-state index contributed by atoms with van der Waals surface area (Å²) in [6, 6.07) is 0. The minimum atomic E-state index is 0.544. The molecule has 0 N–H and O–H groups in total. The highest BCUT2D eigenvalue weighted by Crippen LogP contribution is 2.22. The van der Waals surface area contributed by atoms with Crippen LogP contribution in [0.25, 0.3) is 0 Å². The molecule has 0 aliphatic heterocycles. The Labute approximate surface area is 223 Å². The molecule has 0 radical (unpaired) electrons. The van der Waals surface area contributed by atoms with Gasteiger partial charge in [-0.2, -0.15) is 0 Å². The zero-order chi connectivity index (χ0) is 26.5. The van der Waals surface area contributed by atoms with Crippen LogP contribution in [0, 0.1) is 5.41 Å². The van der Waals surface area contributed by atoms with E-state index in [-0.39, 0.29) is 0 Å². The van der Waals surface area contributed by atoms with Crippen LogP contribution >= 0.6 is 0 Å². The molecule has 0 fully saturated rings. The Morgan fingerprint density at radius 3 is 1.03 bits per heavy atom. The summed E-state index contributed by atoms with van der Waals surface area (Å²) in [7, 11) is 0. The van der Waals surface area contributed by atoms with E-state index in [1.165, 1.54) is 148 Å². The predicted molar refractivity (Wildman–Crippen MR) is 160 cm³/mol. The molecule has 2 nitrogen and oxygen atoms in total. The Morgan fingerprint density at radius 2 is 0.743 bits per heavy atom. The van der Waals surface area contributed by atoms with Gasteiger partial charge in [0.05, 0.1) is 0 Å². The van der Waals surface area contributed by atoms with Gasteiger partial charge in [-0.3, -0.25) is 4.79 Å². The second-order valence-electron chi connectivity index (χ2n) is 12.2. The maximum absolute atomic E-state index is 11.0. The third-order valence-electron chi connectivity index (χ3n) is 7.03. The number of hydrogen-bond donors (Lipinski definition) is 0. The van der Waals surface area contributed by atoms with Gasteiger partial charge in [-0.05, 0) is 24.7 Å². The third-order valence-corrected chi connectivity index (χ3v) is 7.03. The number of carbonyl (C=O) groups is 1. The van der Waals surface area contributed by atoms with Crippen LogP contribution in [0.5, 0.6) is 0 Å². The van der Waals surface area contributed by atoms with Crippen molar-refractivity contribution >= 4 is 6.41 Å². The molecule has 0 heterocycles. The molecule has 0 saturated carbocycles.